The van der Waals surface area contributed by atoms with Crippen LogP contribution < -0.4 is 21.3 Å². The number of nitrogens with zero attached hydrogens (tertiary/aromatic N) is 3. The third-order valence-corrected chi connectivity index (χ3v) is 4.87. The molecule has 0 radical (unpaired) electrons. The summed E-state index contributed by atoms with van der Waals surface area (Å²) >= 11 is 0. The molecular weight excluding hydrogens is 447 g/mol. The van der Waals surface area contributed by atoms with Crippen LogP contribution in [0.4, 0.5) is 13.2 Å². The van der Waals surface area contributed by atoms with E-state index in [4.69, 9.17) is 10.00 Å². The Kier molecular flexibility index (Phi) is 7.52. The minimum atomic E-state index is -5.00. The van der Waals surface area contributed by atoms with Crippen molar-refractivity contribution in [3.8, 4) is 11.8 Å². The fourth-order valence-corrected chi connectivity index (χ4v) is 3.18. The number of benzene rings is 1. The maximum absolute atomic E-state index is 12.7. The maximum atomic E-state index is 12.7. The largest absolute Gasteiger partial charge is 0.573 e. The minimum absolute atomic E-state index is 0.0547. The van der Waals surface area contributed by atoms with E-state index in [-0.39, 0.29) is 23.4 Å². The number of H-pyrrole nitrogens is 1. The molecule has 0 spiro atoms. The van der Waals surface area contributed by atoms with Gasteiger partial charge in [0, 0.05) is 44.4 Å². The van der Waals surface area contributed by atoms with E-state index in [0.29, 0.717) is 32.8 Å². The van der Waals surface area contributed by atoms with Gasteiger partial charge in [-0.3, -0.25) is 19.1 Å². The van der Waals surface area contributed by atoms with E-state index in [2.05, 4.69) is 15.0 Å². The van der Waals surface area contributed by atoms with E-state index >= 15 is 0 Å². The average molecular weight is 467 g/mol. The van der Waals surface area contributed by atoms with Crippen LogP contribution in [0.3, 0.4) is 0 Å². The number of nitriles is 1. The quantitative estimate of drug-likeness (QED) is 0.609. The van der Waals surface area contributed by atoms with E-state index < -0.39 is 35.8 Å². The first-order valence-corrected chi connectivity index (χ1v) is 9.87. The Morgan fingerprint density at radius 1 is 1.21 bits per heavy atom. The highest BCUT2D eigenvalue weighted by Gasteiger charge is 2.32. The van der Waals surface area contributed by atoms with Gasteiger partial charge in [0.25, 0.3) is 11.5 Å². The standard InChI is InChI=1S/C20H20F3N5O5/c21-20(22,23)33-16-9-13(11-24)1-2-14(16)12-25-18(30)15-10-17(29)28(19(31)26-15)4-3-27-5-7-32-8-6-27/h1-2,9-10H,3-8,12H2,(H,25,30)(H,26,31). The number of morpholine rings is 1. The lowest BCUT2D eigenvalue weighted by molar-refractivity contribution is -0.274. The monoisotopic (exact) mass is 467 g/mol. The van der Waals surface area contributed by atoms with Crippen molar-refractivity contribution in [3.63, 3.8) is 0 Å². The van der Waals surface area contributed by atoms with Crippen molar-refractivity contribution in [2.75, 3.05) is 32.8 Å². The van der Waals surface area contributed by atoms with Gasteiger partial charge in [0.15, 0.2) is 0 Å². The Hall–Kier alpha value is -3.63. The van der Waals surface area contributed by atoms with Gasteiger partial charge in [-0.15, -0.1) is 13.2 Å². The zero-order valence-corrected chi connectivity index (χ0v) is 17.3. The van der Waals surface area contributed by atoms with Crippen LogP contribution in [0.25, 0.3) is 0 Å². The molecule has 1 fully saturated rings. The van der Waals surface area contributed by atoms with Crippen LogP contribution in [0.2, 0.25) is 0 Å². The lowest BCUT2D eigenvalue weighted by Crippen LogP contribution is -2.43. The Morgan fingerprint density at radius 2 is 1.94 bits per heavy atom. The molecule has 3 rings (SSSR count). The Morgan fingerprint density at radius 3 is 2.58 bits per heavy atom. The topological polar surface area (TPSA) is 129 Å². The number of halogens is 3. The fourth-order valence-electron chi connectivity index (χ4n) is 3.18. The summed E-state index contributed by atoms with van der Waals surface area (Å²) in [6.07, 6.45) is -5.00. The van der Waals surface area contributed by atoms with Crippen molar-refractivity contribution in [1.29, 1.82) is 5.26 Å². The Labute approximate surface area is 185 Å². The number of ether oxygens (including phenoxy) is 2. The molecule has 1 aliphatic rings. The summed E-state index contributed by atoms with van der Waals surface area (Å²) in [5.74, 6) is -1.51. The first kappa shape index (κ1) is 24.0. The van der Waals surface area contributed by atoms with Gasteiger partial charge >= 0.3 is 12.1 Å². The zero-order chi connectivity index (χ0) is 24.0. The van der Waals surface area contributed by atoms with Gasteiger partial charge in [-0.25, -0.2) is 4.79 Å². The molecule has 33 heavy (non-hydrogen) atoms. The van der Waals surface area contributed by atoms with Gasteiger partial charge in [0.1, 0.15) is 11.4 Å². The summed E-state index contributed by atoms with van der Waals surface area (Å²) in [6.45, 7) is 2.68. The van der Waals surface area contributed by atoms with Gasteiger partial charge in [-0.2, -0.15) is 5.26 Å². The molecule has 0 unspecified atom stereocenters. The smallest absolute Gasteiger partial charge is 0.405 e. The van der Waals surface area contributed by atoms with Crippen molar-refractivity contribution >= 4 is 5.91 Å². The molecule has 1 saturated heterocycles. The number of hydrogen-bond donors (Lipinski definition) is 2. The van der Waals surface area contributed by atoms with E-state index in [1.165, 1.54) is 12.1 Å². The highest BCUT2D eigenvalue weighted by molar-refractivity contribution is 5.92. The number of carbonyl (C=O) groups is 1. The molecule has 176 valence electrons. The summed E-state index contributed by atoms with van der Waals surface area (Å²) in [7, 11) is 0. The highest BCUT2D eigenvalue weighted by atomic mass is 19.4. The van der Waals surface area contributed by atoms with Crippen LogP contribution in [0.5, 0.6) is 5.75 Å². The fraction of sp³-hybridized carbons (Fsp3) is 0.400. The molecule has 0 bridgehead atoms. The van der Waals surface area contributed by atoms with Crippen molar-refractivity contribution in [2.45, 2.75) is 19.5 Å². The first-order valence-electron chi connectivity index (χ1n) is 9.87. The average Bonchev–Trinajstić information content (AvgIpc) is 2.77. The number of aromatic nitrogens is 2. The van der Waals surface area contributed by atoms with Crippen molar-refractivity contribution < 1.29 is 27.4 Å². The van der Waals surface area contributed by atoms with Crippen molar-refractivity contribution in [1.82, 2.24) is 19.8 Å². The van der Waals surface area contributed by atoms with Gasteiger partial charge in [-0.1, -0.05) is 6.07 Å². The van der Waals surface area contributed by atoms with E-state index in [0.717, 1.165) is 16.7 Å². The molecule has 0 aliphatic carbocycles. The lowest BCUT2D eigenvalue weighted by atomic mass is 10.1. The molecule has 1 aromatic carbocycles. The Balaban J connectivity index is 1.69. The third-order valence-electron chi connectivity index (χ3n) is 4.87. The minimum Gasteiger partial charge on any atom is -0.405 e. The van der Waals surface area contributed by atoms with Crippen LogP contribution >= 0.6 is 0 Å². The van der Waals surface area contributed by atoms with E-state index in [9.17, 15) is 27.6 Å². The van der Waals surface area contributed by atoms with Gasteiger partial charge in [-0.05, 0) is 12.1 Å². The first-order chi connectivity index (χ1) is 15.7. The maximum Gasteiger partial charge on any atom is 0.573 e. The number of aromatic amines is 1. The molecule has 2 aromatic rings. The van der Waals surface area contributed by atoms with Crippen LogP contribution in [-0.4, -0.2) is 59.6 Å². The number of amides is 1. The van der Waals surface area contributed by atoms with Crippen LogP contribution in [0.1, 0.15) is 21.6 Å². The molecule has 13 heteroatoms. The second-order valence-corrected chi connectivity index (χ2v) is 7.10. The van der Waals surface area contributed by atoms with Gasteiger partial charge in [0.2, 0.25) is 0 Å². The SMILES string of the molecule is N#Cc1ccc(CNC(=O)c2cc(=O)n(CCN3CCOCC3)c(=O)[nH]2)c(OC(F)(F)F)c1. The highest BCUT2D eigenvalue weighted by Crippen LogP contribution is 2.27. The van der Waals surface area contributed by atoms with Gasteiger partial charge < -0.3 is 19.8 Å². The molecule has 2 N–H and O–H groups in total. The summed E-state index contributed by atoms with van der Waals surface area (Å²) in [5, 5.41) is 11.2. The number of nitrogens with one attached hydrogen (secondary N) is 2. The van der Waals surface area contributed by atoms with Crippen molar-refractivity contribution in [3.05, 3.63) is 61.9 Å². The van der Waals surface area contributed by atoms with Crippen molar-refractivity contribution in [2.24, 2.45) is 0 Å². The predicted molar refractivity (Wildman–Crippen MR) is 108 cm³/mol. The second kappa shape index (κ2) is 10.3. The van der Waals surface area contributed by atoms with E-state index in [1.807, 2.05) is 4.90 Å². The molecule has 1 aromatic heterocycles. The number of carbonyl (C=O) groups excluding carboxylic acids is 1. The molecule has 0 atom stereocenters. The van der Waals surface area contributed by atoms with E-state index in [1.54, 1.807) is 6.07 Å². The third kappa shape index (κ3) is 6.67. The summed E-state index contributed by atoms with van der Waals surface area (Å²) in [5.41, 5.74) is -1.91. The number of alkyl halides is 3. The van der Waals surface area contributed by atoms with Crippen LogP contribution in [-0.2, 0) is 17.8 Å². The molecule has 0 saturated carbocycles. The zero-order valence-electron chi connectivity index (χ0n) is 17.3. The number of rotatable bonds is 7. The molecular formula is C20H20F3N5O5. The van der Waals surface area contributed by atoms with Gasteiger partial charge in [0.05, 0.1) is 24.8 Å². The molecule has 1 aliphatic heterocycles. The number of hydrogen-bond acceptors (Lipinski definition) is 7. The second-order valence-electron chi connectivity index (χ2n) is 7.10. The molecule has 10 nitrogen and oxygen atoms in total. The van der Waals surface area contributed by atoms with Crippen LogP contribution in [0, 0.1) is 11.3 Å². The summed E-state index contributed by atoms with van der Waals surface area (Å²) in [4.78, 5) is 41.4. The molecule has 1 amide bonds. The lowest BCUT2D eigenvalue weighted by Gasteiger charge is -2.26. The molecule has 2 heterocycles. The summed E-state index contributed by atoms with van der Waals surface area (Å²) < 4.78 is 48.1. The normalized spacial score (nSPS) is 14.5. The van der Waals surface area contributed by atoms with Crippen LogP contribution in [0.15, 0.2) is 33.9 Å². The predicted octanol–water partition coefficient (Wildman–Crippen LogP) is 0.569. The summed E-state index contributed by atoms with van der Waals surface area (Å²) in [6, 6.07) is 6.01. The Bertz CT molecular complexity index is 1130.